The lowest BCUT2D eigenvalue weighted by atomic mass is 10.0. The van der Waals surface area contributed by atoms with Gasteiger partial charge in [0.25, 0.3) is 5.91 Å². The number of nitrogens with one attached hydrogen (secondary N) is 1. The molecule has 1 unspecified atom stereocenters. The molecular formula is C22H24FN3O. The van der Waals surface area contributed by atoms with Crippen LogP contribution < -0.4 is 5.32 Å². The molecule has 3 aromatic rings. The molecular weight excluding hydrogens is 341 g/mol. The van der Waals surface area contributed by atoms with Crippen molar-refractivity contribution < 1.29 is 9.18 Å². The Kier molecular flexibility index (Phi) is 5.51. The largest absolute Gasteiger partial charge is 0.350 e. The van der Waals surface area contributed by atoms with Gasteiger partial charge in [-0.3, -0.25) is 9.78 Å². The molecule has 140 valence electrons. The maximum Gasteiger partial charge on any atom is 0.252 e. The molecule has 1 amide bonds. The molecule has 1 atom stereocenters. The number of carbonyl (C=O) groups is 1. The van der Waals surface area contributed by atoms with Crippen molar-refractivity contribution in [3.63, 3.8) is 0 Å². The summed E-state index contributed by atoms with van der Waals surface area (Å²) in [6, 6.07) is 14.1. The number of likely N-dealkylation sites (N-methyl/N-ethyl adjacent to an activating group) is 1. The molecule has 0 radical (unpaired) electrons. The van der Waals surface area contributed by atoms with Gasteiger partial charge in [0.2, 0.25) is 0 Å². The van der Waals surface area contributed by atoms with Crippen molar-refractivity contribution in [1.82, 2.24) is 15.2 Å². The highest BCUT2D eigenvalue weighted by atomic mass is 19.1. The summed E-state index contributed by atoms with van der Waals surface area (Å²) in [5.74, 6) is -0.434. The number of aromatic nitrogens is 1. The second kappa shape index (κ2) is 7.84. The third-order valence-corrected chi connectivity index (χ3v) is 4.65. The summed E-state index contributed by atoms with van der Waals surface area (Å²) in [5, 5.41) is 3.84. The van der Waals surface area contributed by atoms with Crippen LogP contribution in [0.4, 0.5) is 4.39 Å². The summed E-state index contributed by atoms with van der Waals surface area (Å²) in [5.41, 5.74) is 4.11. The molecule has 0 saturated heterocycles. The number of nitrogens with zero attached hydrogens (tertiary/aromatic N) is 2. The molecule has 0 aliphatic carbocycles. The summed E-state index contributed by atoms with van der Waals surface area (Å²) >= 11 is 0. The molecule has 3 rings (SSSR count). The Morgan fingerprint density at radius 3 is 2.63 bits per heavy atom. The van der Waals surface area contributed by atoms with Crippen molar-refractivity contribution in [3.8, 4) is 0 Å². The van der Waals surface area contributed by atoms with E-state index >= 15 is 0 Å². The summed E-state index contributed by atoms with van der Waals surface area (Å²) in [4.78, 5) is 19.4. The molecule has 1 heterocycles. The van der Waals surface area contributed by atoms with Gasteiger partial charge in [0.1, 0.15) is 5.82 Å². The van der Waals surface area contributed by atoms with Crippen molar-refractivity contribution in [2.45, 2.75) is 19.9 Å². The first-order valence-electron chi connectivity index (χ1n) is 8.93. The molecule has 0 saturated carbocycles. The highest BCUT2D eigenvalue weighted by molar-refractivity contribution is 6.06. The van der Waals surface area contributed by atoms with Gasteiger partial charge in [0.15, 0.2) is 0 Å². The SMILES string of the molecule is Cc1ccc2nc(C)cc(C(=O)NCC(c3cccc(F)c3)N(C)C)c2c1. The molecule has 0 bridgehead atoms. The van der Waals surface area contributed by atoms with Crippen LogP contribution >= 0.6 is 0 Å². The predicted octanol–water partition coefficient (Wildman–Crippen LogP) is 4.02. The van der Waals surface area contributed by atoms with Crippen molar-refractivity contribution in [1.29, 1.82) is 0 Å². The maximum absolute atomic E-state index is 13.6. The lowest BCUT2D eigenvalue weighted by Crippen LogP contribution is -2.34. The molecule has 1 aromatic heterocycles. The number of hydrogen-bond acceptors (Lipinski definition) is 3. The summed E-state index contributed by atoms with van der Waals surface area (Å²) in [6.45, 7) is 4.25. The minimum absolute atomic E-state index is 0.124. The Morgan fingerprint density at radius 1 is 1.15 bits per heavy atom. The molecule has 0 aliphatic heterocycles. The maximum atomic E-state index is 13.6. The van der Waals surface area contributed by atoms with Gasteiger partial charge in [-0.2, -0.15) is 0 Å². The minimum atomic E-state index is -0.281. The number of carbonyl (C=O) groups excluding carboxylic acids is 1. The summed E-state index contributed by atoms with van der Waals surface area (Å²) < 4.78 is 13.6. The zero-order chi connectivity index (χ0) is 19.6. The lowest BCUT2D eigenvalue weighted by molar-refractivity contribution is 0.0943. The summed E-state index contributed by atoms with van der Waals surface area (Å²) in [6.07, 6.45) is 0. The zero-order valence-electron chi connectivity index (χ0n) is 16.1. The van der Waals surface area contributed by atoms with E-state index < -0.39 is 0 Å². The highest BCUT2D eigenvalue weighted by Gasteiger charge is 2.18. The number of aryl methyl sites for hydroxylation is 2. The zero-order valence-corrected chi connectivity index (χ0v) is 16.1. The Bertz CT molecular complexity index is 984. The Labute approximate surface area is 159 Å². The molecule has 4 nitrogen and oxygen atoms in total. The highest BCUT2D eigenvalue weighted by Crippen LogP contribution is 2.21. The monoisotopic (exact) mass is 365 g/mol. The van der Waals surface area contributed by atoms with Crippen LogP contribution in [-0.4, -0.2) is 36.4 Å². The van der Waals surface area contributed by atoms with E-state index in [1.807, 2.05) is 63.2 Å². The second-order valence-electron chi connectivity index (χ2n) is 7.08. The normalized spacial score (nSPS) is 12.4. The first-order valence-corrected chi connectivity index (χ1v) is 8.93. The van der Waals surface area contributed by atoms with E-state index in [9.17, 15) is 9.18 Å². The number of pyridine rings is 1. The minimum Gasteiger partial charge on any atom is -0.350 e. The smallest absolute Gasteiger partial charge is 0.252 e. The topological polar surface area (TPSA) is 45.2 Å². The second-order valence-corrected chi connectivity index (χ2v) is 7.08. The average Bonchev–Trinajstić information content (AvgIpc) is 2.61. The Balaban J connectivity index is 1.86. The Hall–Kier alpha value is -2.79. The van der Waals surface area contributed by atoms with E-state index in [1.165, 1.54) is 12.1 Å². The first kappa shape index (κ1) is 19.0. The van der Waals surface area contributed by atoms with Crippen molar-refractivity contribution in [3.05, 3.63) is 76.7 Å². The van der Waals surface area contributed by atoms with Crippen LogP contribution in [0.1, 0.15) is 33.2 Å². The van der Waals surface area contributed by atoms with Crippen molar-refractivity contribution >= 4 is 16.8 Å². The Morgan fingerprint density at radius 2 is 1.93 bits per heavy atom. The van der Waals surface area contributed by atoms with Crippen LogP contribution in [0.25, 0.3) is 10.9 Å². The van der Waals surface area contributed by atoms with Gasteiger partial charge >= 0.3 is 0 Å². The van der Waals surface area contributed by atoms with Crippen LogP contribution in [0, 0.1) is 19.7 Å². The van der Waals surface area contributed by atoms with Gasteiger partial charge in [-0.25, -0.2) is 4.39 Å². The molecule has 0 spiro atoms. The molecule has 0 fully saturated rings. The van der Waals surface area contributed by atoms with Gasteiger partial charge in [0, 0.05) is 17.6 Å². The fourth-order valence-corrected chi connectivity index (χ4v) is 3.26. The summed E-state index contributed by atoms with van der Waals surface area (Å²) in [7, 11) is 3.83. The van der Waals surface area contributed by atoms with Crippen molar-refractivity contribution in [2.24, 2.45) is 0 Å². The molecule has 2 aromatic carbocycles. The van der Waals surface area contributed by atoms with Crippen LogP contribution in [0.15, 0.2) is 48.5 Å². The fourth-order valence-electron chi connectivity index (χ4n) is 3.26. The molecule has 27 heavy (non-hydrogen) atoms. The third kappa shape index (κ3) is 4.31. The fraction of sp³-hybridized carbons (Fsp3) is 0.273. The first-order chi connectivity index (χ1) is 12.8. The standard InChI is InChI=1S/C22H24FN3O/c1-14-8-9-20-18(10-14)19(11-15(2)25-20)22(27)24-13-21(26(3)4)16-6-5-7-17(23)12-16/h5-12,21H,13H2,1-4H3,(H,24,27). The van der Waals surface area contributed by atoms with Gasteiger partial charge in [-0.15, -0.1) is 0 Å². The van der Waals surface area contributed by atoms with Gasteiger partial charge in [-0.1, -0.05) is 23.8 Å². The van der Waals surface area contributed by atoms with Crippen LogP contribution in [0.2, 0.25) is 0 Å². The van der Waals surface area contributed by atoms with E-state index in [4.69, 9.17) is 0 Å². The molecule has 0 aliphatic rings. The van der Waals surface area contributed by atoms with Gasteiger partial charge in [-0.05, 0) is 63.8 Å². The quantitative estimate of drug-likeness (QED) is 0.743. The number of halogens is 1. The average molecular weight is 365 g/mol. The molecule has 1 N–H and O–H groups in total. The number of rotatable bonds is 5. The number of hydrogen-bond donors (Lipinski definition) is 1. The van der Waals surface area contributed by atoms with Crippen molar-refractivity contribution in [2.75, 3.05) is 20.6 Å². The van der Waals surface area contributed by atoms with Gasteiger partial charge < -0.3 is 10.2 Å². The van der Waals surface area contributed by atoms with Crippen LogP contribution in [0.5, 0.6) is 0 Å². The molecule has 5 heteroatoms. The van der Waals surface area contributed by atoms with E-state index in [1.54, 1.807) is 6.07 Å². The lowest BCUT2D eigenvalue weighted by Gasteiger charge is -2.25. The number of fused-ring (bicyclic) bond motifs is 1. The van der Waals surface area contributed by atoms with E-state index in [-0.39, 0.29) is 17.8 Å². The third-order valence-electron chi connectivity index (χ3n) is 4.65. The number of benzene rings is 2. The van der Waals surface area contributed by atoms with Gasteiger partial charge in [0.05, 0.1) is 17.1 Å². The number of amides is 1. The predicted molar refractivity (Wildman–Crippen MR) is 106 cm³/mol. The van der Waals surface area contributed by atoms with E-state index in [2.05, 4.69) is 10.3 Å². The van der Waals surface area contributed by atoms with Crippen LogP contribution in [-0.2, 0) is 0 Å². The van der Waals surface area contributed by atoms with E-state index in [0.29, 0.717) is 12.1 Å². The van der Waals surface area contributed by atoms with E-state index in [0.717, 1.165) is 27.7 Å². The van der Waals surface area contributed by atoms with Crippen LogP contribution in [0.3, 0.4) is 0 Å².